The van der Waals surface area contributed by atoms with Crippen molar-refractivity contribution < 1.29 is 0 Å². The Bertz CT molecular complexity index is 334. The number of thioether (sulfide) groups is 1. The normalized spacial score (nSPS) is 11.6. The summed E-state index contributed by atoms with van der Waals surface area (Å²) in [7, 11) is 3.62. The van der Waals surface area contributed by atoms with Crippen molar-refractivity contribution in [3.05, 3.63) is 12.2 Å². The van der Waals surface area contributed by atoms with E-state index in [1.54, 1.807) is 29.8 Å². The molecule has 0 aromatic carbocycles. The van der Waals surface area contributed by atoms with Gasteiger partial charge in [0.25, 0.3) is 0 Å². The maximum absolute atomic E-state index is 4.12. The molecule has 0 spiro atoms. The van der Waals surface area contributed by atoms with E-state index < -0.39 is 0 Å². The summed E-state index contributed by atoms with van der Waals surface area (Å²) in [6.45, 7) is 1.52. The molecule has 1 rings (SSSR count). The van der Waals surface area contributed by atoms with Gasteiger partial charge in [0, 0.05) is 26.4 Å². The zero-order valence-corrected chi connectivity index (χ0v) is 10.7. The summed E-state index contributed by atoms with van der Waals surface area (Å²) in [5, 5.41) is 10.4. The Morgan fingerprint density at radius 1 is 1.56 bits per heavy atom. The third kappa shape index (κ3) is 4.09. The quantitative estimate of drug-likeness (QED) is 0.427. The van der Waals surface area contributed by atoms with Gasteiger partial charge in [-0.3, -0.25) is 9.67 Å². The molecule has 1 aromatic rings. The van der Waals surface area contributed by atoms with Gasteiger partial charge in [-0.1, -0.05) is 0 Å². The molecule has 1 heterocycles. The Hall–Kier alpha value is -1.24. The Labute approximate surface area is 99.9 Å². The molecule has 0 radical (unpaired) electrons. The minimum Gasteiger partial charge on any atom is -0.356 e. The Kier molecular flexibility index (Phi) is 5.69. The first-order valence-electron chi connectivity index (χ1n) is 5.04. The smallest absolute Gasteiger partial charge is 0.191 e. The summed E-state index contributed by atoms with van der Waals surface area (Å²) in [4.78, 5) is 8.24. The number of rotatable bonds is 5. The molecule has 0 aliphatic carbocycles. The van der Waals surface area contributed by atoms with Crippen LogP contribution in [0.2, 0.25) is 0 Å². The fourth-order valence-corrected chi connectivity index (χ4v) is 1.44. The second-order valence-electron chi connectivity index (χ2n) is 3.15. The molecule has 2 N–H and O–H groups in total. The summed E-state index contributed by atoms with van der Waals surface area (Å²) in [5.41, 5.74) is 0. The van der Waals surface area contributed by atoms with Crippen molar-refractivity contribution in [1.29, 1.82) is 0 Å². The highest BCUT2D eigenvalue weighted by Gasteiger charge is 2.01. The highest BCUT2D eigenvalue weighted by molar-refractivity contribution is 7.98. The zero-order chi connectivity index (χ0) is 11.8. The van der Waals surface area contributed by atoms with E-state index >= 15 is 0 Å². The molecule has 0 aliphatic heterocycles. The van der Waals surface area contributed by atoms with Gasteiger partial charge in [0.1, 0.15) is 12.2 Å². The van der Waals surface area contributed by atoms with Crippen LogP contribution in [0, 0.1) is 0 Å². The zero-order valence-electron chi connectivity index (χ0n) is 9.90. The molecule has 0 atom stereocenters. The molecular weight excluding hydrogens is 224 g/mol. The standard InChI is InChI=1S/C9H18N6S/c1-10-9(11-4-5-16-3)12-6-8-13-7-14-15(8)2/h7H,4-6H2,1-3H3,(H2,10,11,12). The van der Waals surface area contributed by atoms with Gasteiger partial charge in [-0.2, -0.15) is 16.9 Å². The van der Waals surface area contributed by atoms with Gasteiger partial charge in [-0.25, -0.2) is 4.98 Å². The molecule has 0 saturated carbocycles. The maximum atomic E-state index is 4.12. The Morgan fingerprint density at radius 2 is 2.38 bits per heavy atom. The van der Waals surface area contributed by atoms with Gasteiger partial charge in [0.05, 0.1) is 6.54 Å². The number of aliphatic imine (C=N–C) groups is 1. The second-order valence-corrected chi connectivity index (χ2v) is 4.13. The third-order valence-electron chi connectivity index (χ3n) is 2.04. The third-order valence-corrected chi connectivity index (χ3v) is 2.65. The lowest BCUT2D eigenvalue weighted by molar-refractivity contribution is 0.674. The molecule has 6 nitrogen and oxygen atoms in total. The maximum Gasteiger partial charge on any atom is 0.191 e. The van der Waals surface area contributed by atoms with Gasteiger partial charge < -0.3 is 10.6 Å². The van der Waals surface area contributed by atoms with Crippen LogP contribution in [0.25, 0.3) is 0 Å². The van der Waals surface area contributed by atoms with Crippen molar-refractivity contribution in [2.24, 2.45) is 12.0 Å². The molecule has 0 saturated heterocycles. The van der Waals surface area contributed by atoms with Crippen LogP contribution in [-0.4, -0.2) is 46.3 Å². The average Bonchev–Trinajstić information content (AvgIpc) is 2.69. The van der Waals surface area contributed by atoms with Crippen molar-refractivity contribution in [3.63, 3.8) is 0 Å². The summed E-state index contributed by atoms with van der Waals surface area (Å²) in [6.07, 6.45) is 3.62. The molecule has 0 amide bonds. The summed E-state index contributed by atoms with van der Waals surface area (Å²) >= 11 is 1.80. The molecule has 7 heteroatoms. The SMILES string of the molecule is CN=C(NCCSC)NCc1ncnn1C. The van der Waals surface area contributed by atoms with Crippen molar-refractivity contribution in [2.45, 2.75) is 6.54 Å². The number of hydrogen-bond acceptors (Lipinski definition) is 4. The van der Waals surface area contributed by atoms with Gasteiger partial charge in [0.2, 0.25) is 0 Å². The highest BCUT2D eigenvalue weighted by atomic mass is 32.2. The summed E-state index contributed by atoms with van der Waals surface area (Å²) in [5.74, 6) is 2.73. The molecule has 90 valence electrons. The number of aromatic nitrogens is 3. The van der Waals surface area contributed by atoms with Crippen LogP contribution in [-0.2, 0) is 13.6 Å². The molecule has 0 fully saturated rings. The Morgan fingerprint density at radius 3 is 2.94 bits per heavy atom. The van der Waals surface area contributed by atoms with Crippen LogP contribution >= 0.6 is 11.8 Å². The second kappa shape index (κ2) is 7.10. The number of aryl methyl sites for hydroxylation is 1. The number of hydrogen-bond donors (Lipinski definition) is 2. The molecular formula is C9H18N6S. The fourth-order valence-electron chi connectivity index (χ4n) is 1.14. The molecule has 0 bridgehead atoms. The number of nitrogens with one attached hydrogen (secondary N) is 2. The van der Waals surface area contributed by atoms with Crippen LogP contribution in [0.3, 0.4) is 0 Å². The van der Waals surface area contributed by atoms with E-state index in [4.69, 9.17) is 0 Å². The van der Waals surface area contributed by atoms with Crippen molar-refractivity contribution >= 4 is 17.7 Å². The number of nitrogens with zero attached hydrogens (tertiary/aromatic N) is 4. The molecule has 16 heavy (non-hydrogen) atoms. The lowest BCUT2D eigenvalue weighted by atomic mass is 10.6. The van der Waals surface area contributed by atoms with Crippen molar-refractivity contribution in [2.75, 3.05) is 25.6 Å². The first kappa shape index (κ1) is 12.8. The van der Waals surface area contributed by atoms with E-state index in [2.05, 4.69) is 32.0 Å². The fraction of sp³-hybridized carbons (Fsp3) is 0.667. The van der Waals surface area contributed by atoms with Crippen LogP contribution < -0.4 is 10.6 Å². The Balaban J connectivity index is 2.32. The van der Waals surface area contributed by atoms with Crippen molar-refractivity contribution in [1.82, 2.24) is 25.4 Å². The van der Waals surface area contributed by atoms with Gasteiger partial charge in [-0.15, -0.1) is 0 Å². The van der Waals surface area contributed by atoms with E-state index in [0.717, 1.165) is 24.1 Å². The first-order chi connectivity index (χ1) is 7.77. The van der Waals surface area contributed by atoms with Gasteiger partial charge in [-0.05, 0) is 6.26 Å². The average molecular weight is 242 g/mol. The van der Waals surface area contributed by atoms with E-state index in [1.807, 2.05) is 7.05 Å². The van der Waals surface area contributed by atoms with Gasteiger partial charge in [0.15, 0.2) is 5.96 Å². The van der Waals surface area contributed by atoms with Gasteiger partial charge >= 0.3 is 0 Å². The van der Waals surface area contributed by atoms with Crippen LogP contribution in [0.1, 0.15) is 5.82 Å². The van der Waals surface area contributed by atoms with E-state index in [1.165, 1.54) is 0 Å². The van der Waals surface area contributed by atoms with Crippen molar-refractivity contribution in [3.8, 4) is 0 Å². The highest BCUT2D eigenvalue weighted by Crippen LogP contribution is 1.90. The lowest BCUT2D eigenvalue weighted by Gasteiger charge is -2.10. The topological polar surface area (TPSA) is 67.1 Å². The van der Waals surface area contributed by atoms with Crippen LogP contribution in [0.15, 0.2) is 11.3 Å². The van der Waals surface area contributed by atoms with E-state index in [-0.39, 0.29) is 0 Å². The molecule has 0 unspecified atom stereocenters. The minimum atomic E-state index is 0.620. The summed E-state index contributed by atoms with van der Waals surface area (Å²) in [6, 6.07) is 0. The predicted molar refractivity (Wildman–Crippen MR) is 67.6 cm³/mol. The minimum absolute atomic E-state index is 0.620. The van der Waals surface area contributed by atoms with Crippen LogP contribution in [0.5, 0.6) is 0 Å². The predicted octanol–water partition coefficient (Wildman–Crippen LogP) is -0.157. The summed E-state index contributed by atoms with van der Waals surface area (Å²) < 4.78 is 1.74. The van der Waals surface area contributed by atoms with Crippen LogP contribution in [0.4, 0.5) is 0 Å². The number of guanidine groups is 1. The lowest BCUT2D eigenvalue weighted by Crippen LogP contribution is -2.38. The van der Waals surface area contributed by atoms with E-state index in [0.29, 0.717) is 6.54 Å². The first-order valence-corrected chi connectivity index (χ1v) is 6.43. The monoisotopic (exact) mass is 242 g/mol. The molecule has 1 aromatic heterocycles. The largest absolute Gasteiger partial charge is 0.356 e. The molecule has 0 aliphatic rings. The van der Waals surface area contributed by atoms with E-state index in [9.17, 15) is 0 Å².